The minimum atomic E-state index is -0.549. The molecular formula is C22H27FN2O2S. The quantitative estimate of drug-likeness (QED) is 0.641. The predicted molar refractivity (Wildman–Crippen MR) is 112 cm³/mol. The third-order valence-corrected chi connectivity index (χ3v) is 5.52. The van der Waals surface area contributed by atoms with Crippen LogP contribution in [-0.4, -0.2) is 35.6 Å². The summed E-state index contributed by atoms with van der Waals surface area (Å²) in [5.74, 6) is 0.0319. The highest BCUT2D eigenvalue weighted by molar-refractivity contribution is 7.99. The number of rotatable bonds is 9. The van der Waals surface area contributed by atoms with Crippen molar-refractivity contribution in [3.05, 3.63) is 65.5 Å². The van der Waals surface area contributed by atoms with Gasteiger partial charge in [0.15, 0.2) is 0 Å². The molecule has 0 aliphatic heterocycles. The molecule has 0 saturated heterocycles. The highest BCUT2D eigenvalue weighted by Gasteiger charge is 2.27. The number of nitrogens with zero attached hydrogens (tertiary/aromatic N) is 1. The lowest BCUT2D eigenvalue weighted by Crippen LogP contribution is -2.48. The summed E-state index contributed by atoms with van der Waals surface area (Å²) >= 11 is 1.62. The maximum atomic E-state index is 13.2. The Morgan fingerprint density at radius 1 is 1.11 bits per heavy atom. The SMILES string of the molecule is CC[C@@H](C(=O)NC)N(Cc1ccc(F)cc1)C(=O)CCSc1ccc(C)cc1. The maximum absolute atomic E-state index is 13.2. The molecule has 2 amide bonds. The third kappa shape index (κ3) is 6.37. The van der Waals surface area contributed by atoms with Crippen molar-refractivity contribution in [3.63, 3.8) is 0 Å². The normalized spacial score (nSPS) is 11.7. The zero-order chi connectivity index (χ0) is 20.5. The van der Waals surface area contributed by atoms with Gasteiger partial charge >= 0.3 is 0 Å². The van der Waals surface area contributed by atoms with Crippen LogP contribution < -0.4 is 5.32 Å². The predicted octanol–water partition coefficient (Wildman–Crippen LogP) is 4.17. The lowest BCUT2D eigenvalue weighted by Gasteiger charge is -2.30. The Labute approximate surface area is 170 Å². The van der Waals surface area contributed by atoms with Gasteiger partial charge < -0.3 is 10.2 Å². The summed E-state index contributed by atoms with van der Waals surface area (Å²) in [7, 11) is 1.57. The number of amides is 2. The van der Waals surface area contributed by atoms with Crippen LogP contribution in [0.4, 0.5) is 4.39 Å². The number of thioether (sulfide) groups is 1. The van der Waals surface area contributed by atoms with Gasteiger partial charge in [0.2, 0.25) is 11.8 Å². The Morgan fingerprint density at radius 3 is 2.32 bits per heavy atom. The van der Waals surface area contributed by atoms with Crippen molar-refractivity contribution in [1.82, 2.24) is 10.2 Å². The Bertz CT molecular complexity index is 778. The summed E-state index contributed by atoms with van der Waals surface area (Å²) in [6.45, 7) is 4.20. The fourth-order valence-corrected chi connectivity index (χ4v) is 3.75. The Kier molecular flexibility index (Phi) is 8.51. The van der Waals surface area contributed by atoms with Crippen LogP contribution in [-0.2, 0) is 16.1 Å². The van der Waals surface area contributed by atoms with Gasteiger partial charge in [-0.3, -0.25) is 9.59 Å². The first-order valence-corrected chi connectivity index (χ1v) is 10.4. The van der Waals surface area contributed by atoms with Gasteiger partial charge in [0.25, 0.3) is 0 Å². The second-order valence-corrected chi connectivity index (χ2v) is 7.77. The molecule has 0 aromatic heterocycles. The zero-order valence-corrected chi connectivity index (χ0v) is 17.4. The number of benzene rings is 2. The van der Waals surface area contributed by atoms with E-state index in [9.17, 15) is 14.0 Å². The first kappa shape index (κ1) is 22.0. The highest BCUT2D eigenvalue weighted by Crippen LogP contribution is 2.21. The summed E-state index contributed by atoms with van der Waals surface area (Å²) in [4.78, 5) is 27.9. The lowest BCUT2D eigenvalue weighted by molar-refractivity contribution is -0.140. The molecule has 0 bridgehead atoms. The van der Waals surface area contributed by atoms with Gasteiger partial charge in [-0.1, -0.05) is 36.8 Å². The zero-order valence-electron chi connectivity index (χ0n) is 16.6. The summed E-state index contributed by atoms with van der Waals surface area (Å²) < 4.78 is 13.2. The van der Waals surface area contributed by atoms with E-state index in [1.165, 1.54) is 17.7 Å². The van der Waals surface area contributed by atoms with Crippen molar-refractivity contribution < 1.29 is 14.0 Å². The largest absolute Gasteiger partial charge is 0.357 e. The first-order chi connectivity index (χ1) is 13.4. The van der Waals surface area contributed by atoms with Crippen molar-refractivity contribution in [2.24, 2.45) is 0 Å². The average Bonchev–Trinajstić information content (AvgIpc) is 2.70. The van der Waals surface area contributed by atoms with Gasteiger partial charge in [-0.05, 0) is 43.2 Å². The fourth-order valence-electron chi connectivity index (χ4n) is 2.91. The van der Waals surface area contributed by atoms with E-state index >= 15 is 0 Å². The summed E-state index contributed by atoms with van der Waals surface area (Å²) in [5.41, 5.74) is 1.99. The molecule has 0 spiro atoms. The molecule has 2 aromatic carbocycles. The number of nitrogens with one attached hydrogen (secondary N) is 1. The minimum Gasteiger partial charge on any atom is -0.357 e. The Hall–Kier alpha value is -2.34. The average molecular weight is 403 g/mol. The van der Waals surface area contributed by atoms with Crippen molar-refractivity contribution in [2.45, 2.75) is 44.2 Å². The monoisotopic (exact) mass is 402 g/mol. The minimum absolute atomic E-state index is 0.0839. The smallest absolute Gasteiger partial charge is 0.242 e. The van der Waals surface area contributed by atoms with E-state index in [1.807, 2.05) is 38.1 Å². The molecule has 28 heavy (non-hydrogen) atoms. The number of likely N-dealkylation sites (N-methyl/N-ethyl adjacent to an activating group) is 1. The van der Waals surface area contributed by atoms with E-state index in [2.05, 4.69) is 5.32 Å². The van der Waals surface area contributed by atoms with Crippen LogP contribution in [0.5, 0.6) is 0 Å². The maximum Gasteiger partial charge on any atom is 0.242 e. The van der Waals surface area contributed by atoms with E-state index in [1.54, 1.807) is 35.8 Å². The van der Waals surface area contributed by atoms with Crippen molar-refractivity contribution in [1.29, 1.82) is 0 Å². The van der Waals surface area contributed by atoms with Crippen molar-refractivity contribution >= 4 is 23.6 Å². The van der Waals surface area contributed by atoms with Crippen molar-refractivity contribution in [2.75, 3.05) is 12.8 Å². The van der Waals surface area contributed by atoms with Gasteiger partial charge in [0.05, 0.1) is 0 Å². The molecule has 0 aliphatic carbocycles. The molecule has 0 unspecified atom stereocenters. The molecule has 4 nitrogen and oxygen atoms in total. The van der Waals surface area contributed by atoms with Gasteiger partial charge in [-0.2, -0.15) is 0 Å². The van der Waals surface area contributed by atoms with Gasteiger partial charge in [0, 0.05) is 30.7 Å². The van der Waals surface area contributed by atoms with Gasteiger partial charge in [-0.15, -0.1) is 11.8 Å². The van der Waals surface area contributed by atoms with E-state index in [-0.39, 0.29) is 24.2 Å². The van der Waals surface area contributed by atoms with Gasteiger partial charge in [-0.25, -0.2) is 4.39 Å². The standard InChI is InChI=1S/C22H27FN2O2S/c1-4-20(22(27)24-3)25(15-17-7-9-18(23)10-8-17)21(26)13-14-28-19-11-5-16(2)6-12-19/h5-12,20H,4,13-15H2,1-3H3,(H,24,27)/t20-/m0/s1. The summed E-state index contributed by atoms with van der Waals surface area (Å²) in [5, 5.41) is 2.64. The van der Waals surface area contributed by atoms with Crippen LogP contribution in [0.3, 0.4) is 0 Å². The second kappa shape index (κ2) is 10.9. The molecule has 0 radical (unpaired) electrons. The van der Waals surface area contributed by atoms with E-state index in [0.29, 0.717) is 18.6 Å². The van der Waals surface area contributed by atoms with E-state index in [4.69, 9.17) is 0 Å². The molecule has 0 fully saturated rings. The summed E-state index contributed by atoms with van der Waals surface area (Å²) in [6, 6.07) is 13.7. The van der Waals surface area contributed by atoms with Crippen LogP contribution in [0.25, 0.3) is 0 Å². The molecular weight excluding hydrogens is 375 g/mol. The molecule has 0 heterocycles. The number of hydrogen-bond acceptors (Lipinski definition) is 3. The van der Waals surface area contributed by atoms with E-state index < -0.39 is 6.04 Å². The molecule has 0 aliphatic rings. The number of carbonyl (C=O) groups is 2. The number of aryl methyl sites for hydroxylation is 1. The molecule has 0 saturated carbocycles. The van der Waals surface area contributed by atoms with Crippen molar-refractivity contribution in [3.8, 4) is 0 Å². The number of halogens is 1. The molecule has 6 heteroatoms. The third-order valence-electron chi connectivity index (χ3n) is 4.50. The van der Waals surface area contributed by atoms with Crippen LogP contribution in [0.15, 0.2) is 53.4 Å². The Morgan fingerprint density at radius 2 is 1.75 bits per heavy atom. The number of carbonyl (C=O) groups excluding carboxylic acids is 2. The Balaban J connectivity index is 2.07. The lowest BCUT2D eigenvalue weighted by atomic mass is 10.1. The molecule has 150 valence electrons. The highest BCUT2D eigenvalue weighted by atomic mass is 32.2. The first-order valence-electron chi connectivity index (χ1n) is 9.39. The van der Waals surface area contributed by atoms with Crippen LogP contribution in [0.1, 0.15) is 30.9 Å². The fraction of sp³-hybridized carbons (Fsp3) is 0.364. The van der Waals surface area contributed by atoms with Crippen LogP contribution in [0, 0.1) is 12.7 Å². The topological polar surface area (TPSA) is 49.4 Å². The molecule has 2 rings (SSSR count). The van der Waals surface area contributed by atoms with Gasteiger partial charge in [0.1, 0.15) is 11.9 Å². The van der Waals surface area contributed by atoms with Crippen LogP contribution in [0.2, 0.25) is 0 Å². The molecule has 1 N–H and O–H groups in total. The molecule has 2 aromatic rings. The number of hydrogen-bond donors (Lipinski definition) is 1. The van der Waals surface area contributed by atoms with E-state index in [0.717, 1.165) is 10.5 Å². The summed E-state index contributed by atoms with van der Waals surface area (Å²) in [6.07, 6.45) is 0.838. The second-order valence-electron chi connectivity index (χ2n) is 6.60. The van der Waals surface area contributed by atoms with Crippen LogP contribution >= 0.6 is 11.8 Å². The molecule has 1 atom stereocenters.